The highest BCUT2D eigenvalue weighted by Crippen LogP contribution is 2.37. The summed E-state index contributed by atoms with van der Waals surface area (Å²) in [5.41, 5.74) is 8.03. The molecule has 110 valence electrons. The molecule has 2 N–H and O–H groups in total. The predicted octanol–water partition coefficient (Wildman–Crippen LogP) is 2.31. The average Bonchev–Trinajstić information content (AvgIpc) is 2.87. The van der Waals surface area contributed by atoms with Crippen LogP contribution in [0, 0.1) is 10.1 Å². The van der Waals surface area contributed by atoms with Gasteiger partial charge < -0.3 is 10.5 Å². The number of hydrogen-bond donors (Lipinski definition) is 1. The molecule has 0 bridgehead atoms. The second-order valence-corrected chi connectivity index (χ2v) is 5.09. The van der Waals surface area contributed by atoms with Crippen LogP contribution >= 0.6 is 0 Å². The number of hydrogen-bond acceptors (Lipinski definition) is 5. The highest BCUT2D eigenvalue weighted by atomic mass is 16.6. The summed E-state index contributed by atoms with van der Waals surface area (Å²) in [5.74, 6) is 0.863. The Morgan fingerprint density at radius 2 is 2.33 bits per heavy atom. The molecule has 0 radical (unpaired) electrons. The molecule has 0 spiro atoms. The number of nitro groups is 1. The molecule has 0 amide bonds. The minimum Gasteiger partial charge on any atom is -0.497 e. The standard InChI is InChI=1S/C14H16N4O3/c1-21-10-6-5-9-3-2-4-12(11(9)7-10)17-14(15)13(8-16-17)18(19)20/h5-8,12H,2-4,15H2,1H3. The van der Waals surface area contributed by atoms with Gasteiger partial charge in [0.15, 0.2) is 0 Å². The van der Waals surface area contributed by atoms with Crippen LogP contribution in [0.25, 0.3) is 0 Å². The van der Waals surface area contributed by atoms with Crippen molar-refractivity contribution in [3.8, 4) is 5.75 Å². The number of anilines is 1. The van der Waals surface area contributed by atoms with E-state index in [1.807, 2.05) is 18.2 Å². The van der Waals surface area contributed by atoms with Crippen LogP contribution in [0.2, 0.25) is 0 Å². The van der Waals surface area contributed by atoms with Gasteiger partial charge in [-0.25, -0.2) is 4.68 Å². The van der Waals surface area contributed by atoms with E-state index >= 15 is 0 Å². The SMILES string of the molecule is COc1ccc2c(c1)C(n1ncc([N+](=O)[O-])c1N)CCC2. The number of methoxy groups -OCH3 is 1. The first kappa shape index (κ1) is 13.4. The zero-order chi connectivity index (χ0) is 15.0. The summed E-state index contributed by atoms with van der Waals surface area (Å²) in [5, 5.41) is 15.0. The van der Waals surface area contributed by atoms with Crippen molar-refractivity contribution in [2.24, 2.45) is 0 Å². The molecule has 7 nitrogen and oxygen atoms in total. The number of nitrogens with two attached hydrogens (primary N) is 1. The summed E-state index contributed by atoms with van der Waals surface area (Å²) in [6, 6.07) is 5.84. The van der Waals surface area contributed by atoms with Crippen LogP contribution in [0.15, 0.2) is 24.4 Å². The highest BCUT2D eigenvalue weighted by molar-refractivity contribution is 5.53. The van der Waals surface area contributed by atoms with Crippen molar-refractivity contribution in [1.82, 2.24) is 9.78 Å². The zero-order valence-electron chi connectivity index (χ0n) is 11.7. The van der Waals surface area contributed by atoms with Crippen LogP contribution in [0.1, 0.15) is 30.0 Å². The Hall–Kier alpha value is -2.57. The van der Waals surface area contributed by atoms with Gasteiger partial charge in [0.05, 0.1) is 18.1 Å². The molecule has 0 saturated heterocycles. The van der Waals surface area contributed by atoms with E-state index in [-0.39, 0.29) is 17.5 Å². The smallest absolute Gasteiger partial charge is 0.330 e. The third kappa shape index (κ3) is 2.20. The average molecular weight is 288 g/mol. The molecule has 1 atom stereocenters. The van der Waals surface area contributed by atoms with Gasteiger partial charge in [-0.1, -0.05) is 6.07 Å². The van der Waals surface area contributed by atoms with Crippen LogP contribution in [-0.2, 0) is 6.42 Å². The largest absolute Gasteiger partial charge is 0.497 e. The van der Waals surface area contributed by atoms with Crippen LogP contribution in [-0.4, -0.2) is 21.8 Å². The molecule has 2 aromatic rings. The zero-order valence-corrected chi connectivity index (χ0v) is 11.7. The van der Waals surface area contributed by atoms with E-state index in [0.29, 0.717) is 0 Å². The van der Waals surface area contributed by atoms with Gasteiger partial charge in [0.2, 0.25) is 5.82 Å². The van der Waals surface area contributed by atoms with E-state index < -0.39 is 4.92 Å². The fourth-order valence-corrected chi connectivity index (χ4v) is 2.88. The van der Waals surface area contributed by atoms with E-state index in [0.717, 1.165) is 30.6 Å². The van der Waals surface area contributed by atoms with Crippen molar-refractivity contribution in [2.75, 3.05) is 12.8 Å². The normalized spacial score (nSPS) is 17.3. The lowest BCUT2D eigenvalue weighted by atomic mass is 9.87. The van der Waals surface area contributed by atoms with Gasteiger partial charge in [-0.05, 0) is 42.5 Å². The second kappa shape index (κ2) is 5.08. The second-order valence-electron chi connectivity index (χ2n) is 5.09. The molecule has 1 unspecified atom stereocenters. The molecule has 0 fully saturated rings. The van der Waals surface area contributed by atoms with E-state index in [4.69, 9.17) is 10.5 Å². The summed E-state index contributed by atoms with van der Waals surface area (Å²) >= 11 is 0. The lowest BCUT2D eigenvalue weighted by Crippen LogP contribution is -2.20. The van der Waals surface area contributed by atoms with Crippen LogP contribution in [0.3, 0.4) is 0 Å². The maximum atomic E-state index is 10.9. The molecule has 3 rings (SSSR count). The Labute approximate surface area is 121 Å². The van der Waals surface area contributed by atoms with E-state index in [1.165, 1.54) is 11.8 Å². The molecule has 0 saturated carbocycles. The van der Waals surface area contributed by atoms with Crippen molar-refractivity contribution < 1.29 is 9.66 Å². The number of rotatable bonds is 3. The fourth-order valence-electron chi connectivity index (χ4n) is 2.88. The van der Waals surface area contributed by atoms with E-state index in [9.17, 15) is 10.1 Å². The Kier molecular flexibility index (Phi) is 3.25. The van der Waals surface area contributed by atoms with Gasteiger partial charge in [0, 0.05) is 0 Å². The summed E-state index contributed by atoms with van der Waals surface area (Å²) in [6.07, 6.45) is 4.04. The molecule has 21 heavy (non-hydrogen) atoms. The maximum absolute atomic E-state index is 10.9. The molecular weight excluding hydrogens is 272 g/mol. The first-order chi connectivity index (χ1) is 10.1. The molecule has 1 aliphatic carbocycles. The third-order valence-electron chi connectivity index (χ3n) is 3.94. The minimum atomic E-state index is -0.506. The van der Waals surface area contributed by atoms with Gasteiger partial charge >= 0.3 is 5.69 Å². The number of aromatic nitrogens is 2. The van der Waals surface area contributed by atoms with Gasteiger partial charge in [-0.15, -0.1) is 0 Å². The summed E-state index contributed by atoms with van der Waals surface area (Å²) in [7, 11) is 1.62. The number of aryl methyl sites for hydroxylation is 1. The first-order valence-electron chi connectivity index (χ1n) is 6.76. The molecule has 1 aromatic heterocycles. The number of benzene rings is 1. The molecule has 1 aromatic carbocycles. The molecule has 7 heteroatoms. The van der Waals surface area contributed by atoms with Crippen molar-refractivity contribution in [2.45, 2.75) is 25.3 Å². The van der Waals surface area contributed by atoms with Gasteiger partial charge in [-0.3, -0.25) is 10.1 Å². The first-order valence-corrected chi connectivity index (χ1v) is 6.76. The van der Waals surface area contributed by atoms with Crippen molar-refractivity contribution in [3.05, 3.63) is 45.6 Å². The number of nitrogen functional groups attached to an aromatic ring is 1. The summed E-state index contributed by atoms with van der Waals surface area (Å²) < 4.78 is 6.82. The Morgan fingerprint density at radius 3 is 3.00 bits per heavy atom. The van der Waals surface area contributed by atoms with Gasteiger partial charge in [-0.2, -0.15) is 5.10 Å². The van der Waals surface area contributed by atoms with Gasteiger partial charge in [0.1, 0.15) is 11.9 Å². The molecular formula is C14H16N4O3. The molecule has 1 aliphatic rings. The predicted molar refractivity (Wildman–Crippen MR) is 77.4 cm³/mol. The van der Waals surface area contributed by atoms with E-state index in [1.54, 1.807) is 11.8 Å². The summed E-state index contributed by atoms with van der Waals surface area (Å²) in [6.45, 7) is 0. The van der Waals surface area contributed by atoms with Crippen LogP contribution < -0.4 is 10.5 Å². The highest BCUT2D eigenvalue weighted by Gasteiger charge is 2.28. The quantitative estimate of drug-likeness (QED) is 0.690. The van der Waals surface area contributed by atoms with E-state index in [2.05, 4.69) is 5.10 Å². The number of nitrogens with zero attached hydrogens (tertiary/aromatic N) is 3. The minimum absolute atomic E-state index is 0.0856. The third-order valence-corrected chi connectivity index (χ3v) is 3.94. The maximum Gasteiger partial charge on any atom is 0.330 e. The van der Waals surface area contributed by atoms with Crippen LogP contribution in [0.4, 0.5) is 11.5 Å². The molecule has 0 aliphatic heterocycles. The lowest BCUT2D eigenvalue weighted by molar-refractivity contribution is -0.384. The van der Waals surface area contributed by atoms with Crippen LogP contribution in [0.5, 0.6) is 5.75 Å². The van der Waals surface area contributed by atoms with Crippen molar-refractivity contribution in [1.29, 1.82) is 0 Å². The Morgan fingerprint density at radius 1 is 1.52 bits per heavy atom. The monoisotopic (exact) mass is 288 g/mol. The van der Waals surface area contributed by atoms with Crippen molar-refractivity contribution >= 4 is 11.5 Å². The molecule has 1 heterocycles. The van der Waals surface area contributed by atoms with Crippen molar-refractivity contribution in [3.63, 3.8) is 0 Å². The fraction of sp³-hybridized carbons (Fsp3) is 0.357. The topological polar surface area (TPSA) is 96.2 Å². The Bertz CT molecular complexity index is 696. The van der Waals surface area contributed by atoms with Gasteiger partial charge in [0.25, 0.3) is 0 Å². The summed E-state index contributed by atoms with van der Waals surface area (Å²) in [4.78, 5) is 10.4. The number of ether oxygens (including phenoxy) is 1. The Balaban J connectivity index is 2.07. The number of fused-ring (bicyclic) bond motifs is 1. The lowest BCUT2D eigenvalue weighted by Gasteiger charge is -2.26.